The van der Waals surface area contributed by atoms with Crippen molar-refractivity contribution in [2.45, 2.75) is 63.6 Å². The lowest BCUT2D eigenvalue weighted by atomic mass is 9.79. The first-order valence-corrected chi connectivity index (χ1v) is 10.9. The molecule has 9 nitrogen and oxygen atoms in total. The van der Waals surface area contributed by atoms with E-state index in [1.807, 2.05) is 20.8 Å². The van der Waals surface area contributed by atoms with Crippen LogP contribution in [0.5, 0.6) is 0 Å². The Labute approximate surface area is 175 Å². The van der Waals surface area contributed by atoms with Crippen LogP contribution in [-0.4, -0.2) is 75.5 Å². The van der Waals surface area contributed by atoms with Crippen molar-refractivity contribution in [3.8, 4) is 0 Å². The van der Waals surface area contributed by atoms with Gasteiger partial charge < -0.3 is 31.5 Å². The number of carbonyl (C=O) groups is 2. The molecule has 0 aliphatic carbocycles. The Kier molecular flexibility index (Phi) is 6.45. The predicted octanol–water partition coefficient (Wildman–Crippen LogP) is -0.0835. The fraction of sp³-hybridized carbons (Fsp3) is 0.737. The summed E-state index contributed by atoms with van der Waals surface area (Å²) in [5, 5.41) is 26.3. The van der Waals surface area contributed by atoms with Gasteiger partial charge in [-0.2, -0.15) is 0 Å². The highest BCUT2D eigenvalue weighted by molar-refractivity contribution is 8.03. The van der Waals surface area contributed by atoms with Crippen LogP contribution in [0.15, 0.2) is 15.6 Å². The largest absolute Gasteiger partial charge is 0.477 e. The van der Waals surface area contributed by atoms with Crippen molar-refractivity contribution in [3.05, 3.63) is 10.6 Å². The molecular weight excluding hydrogens is 394 g/mol. The number of carboxylic acids is 1. The summed E-state index contributed by atoms with van der Waals surface area (Å²) in [4.78, 5) is 30.8. The standard InChI is InChI=1S/C19H31N5O4S/c1-8(2)23-19(20)22-6-11-5-12(7-21-11)29-16-9(3)14-13(10(4)25)17(26)24(14)15(16)18(27)28/h8-14,21,25H,5-7H2,1-4H3,(H,27,28)(H3,20,22,23)/t9-,10-,11+,12+,13-,14-/m1/s1. The molecule has 0 aromatic carbocycles. The van der Waals surface area contributed by atoms with Gasteiger partial charge in [-0.3, -0.25) is 9.79 Å². The lowest BCUT2D eigenvalue weighted by Gasteiger charge is -2.46. The Morgan fingerprint density at radius 1 is 1.45 bits per heavy atom. The Bertz CT molecular complexity index is 738. The topological polar surface area (TPSA) is 140 Å². The summed E-state index contributed by atoms with van der Waals surface area (Å²) in [6, 6.07) is 0.129. The molecule has 3 rings (SSSR count). The Morgan fingerprint density at radius 2 is 2.14 bits per heavy atom. The molecule has 2 fully saturated rings. The zero-order chi connectivity index (χ0) is 21.5. The zero-order valence-electron chi connectivity index (χ0n) is 17.3. The van der Waals surface area contributed by atoms with E-state index in [2.05, 4.69) is 15.6 Å². The van der Waals surface area contributed by atoms with Gasteiger partial charge in [-0.25, -0.2) is 4.79 Å². The molecule has 0 aromatic rings. The molecule has 162 valence electrons. The maximum Gasteiger partial charge on any atom is 0.353 e. The second kappa shape index (κ2) is 8.53. The number of carboxylic acid groups (broad SMARTS) is 1. The Balaban J connectivity index is 1.66. The van der Waals surface area contributed by atoms with Gasteiger partial charge in [-0.1, -0.05) is 6.92 Å². The SMILES string of the molecule is CC(C)NC(N)=NC[C@@H]1C[C@H](SC2=C(C(=O)O)N3C(=O)[C@H]([C@@H](C)O)[C@H]3[C@H]2C)CN1. The molecule has 0 radical (unpaired) electrons. The van der Waals surface area contributed by atoms with Crippen LogP contribution >= 0.6 is 11.8 Å². The third kappa shape index (κ3) is 4.24. The van der Waals surface area contributed by atoms with Crippen LogP contribution in [0.1, 0.15) is 34.1 Å². The third-order valence-corrected chi connectivity index (χ3v) is 7.22. The summed E-state index contributed by atoms with van der Waals surface area (Å²) in [6.07, 6.45) is 0.0518. The first-order valence-electron chi connectivity index (χ1n) is 10.1. The number of hydrogen-bond donors (Lipinski definition) is 5. The molecular formula is C19H31N5O4S. The number of aliphatic imine (C=N–C) groups is 1. The smallest absolute Gasteiger partial charge is 0.353 e. The summed E-state index contributed by atoms with van der Waals surface area (Å²) in [5.41, 5.74) is 5.94. The van der Waals surface area contributed by atoms with Gasteiger partial charge >= 0.3 is 5.97 Å². The molecule has 0 spiro atoms. The van der Waals surface area contributed by atoms with Crippen molar-refractivity contribution in [1.82, 2.24) is 15.5 Å². The van der Waals surface area contributed by atoms with Gasteiger partial charge in [0.05, 0.1) is 24.6 Å². The van der Waals surface area contributed by atoms with E-state index in [1.54, 1.807) is 6.92 Å². The maximum atomic E-state index is 12.4. The van der Waals surface area contributed by atoms with Crippen LogP contribution in [0.4, 0.5) is 0 Å². The number of aliphatic hydroxyl groups excluding tert-OH is 1. The van der Waals surface area contributed by atoms with Gasteiger partial charge in [-0.15, -0.1) is 11.8 Å². The molecule has 1 amide bonds. The molecule has 10 heteroatoms. The van der Waals surface area contributed by atoms with E-state index >= 15 is 0 Å². The minimum Gasteiger partial charge on any atom is -0.477 e. The quantitative estimate of drug-likeness (QED) is 0.217. The molecule has 3 heterocycles. The number of amides is 1. The first-order chi connectivity index (χ1) is 13.6. The number of nitrogens with one attached hydrogen (secondary N) is 2. The van der Waals surface area contributed by atoms with Crippen molar-refractivity contribution in [2.75, 3.05) is 13.1 Å². The number of aliphatic hydroxyl groups is 1. The number of β-lactam (4-membered cyclic amide) rings is 1. The summed E-state index contributed by atoms with van der Waals surface area (Å²) in [6.45, 7) is 8.82. The second-order valence-electron chi connectivity index (χ2n) is 8.38. The number of fused-ring (bicyclic) bond motifs is 1. The monoisotopic (exact) mass is 425 g/mol. The second-order valence-corrected chi connectivity index (χ2v) is 9.72. The zero-order valence-corrected chi connectivity index (χ0v) is 18.1. The maximum absolute atomic E-state index is 12.4. The first kappa shape index (κ1) is 21.9. The molecule has 3 aliphatic heterocycles. The van der Waals surface area contributed by atoms with Gasteiger partial charge in [0, 0.05) is 34.7 Å². The number of thioether (sulfide) groups is 1. The number of aliphatic carboxylic acids is 1. The molecule has 6 atom stereocenters. The average molecular weight is 426 g/mol. The van der Waals surface area contributed by atoms with E-state index in [0.717, 1.165) is 17.9 Å². The van der Waals surface area contributed by atoms with E-state index in [-0.39, 0.29) is 40.9 Å². The van der Waals surface area contributed by atoms with E-state index < -0.39 is 18.0 Å². The van der Waals surface area contributed by atoms with Crippen molar-refractivity contribution in [2.24, 2.45) is 22.6 Å². The number of hydrogen-bond acceptors (Lipinski definition) is 6. The van der Waals surface area contributed by atoms with Gasteiger partial charge in [0.2, 0.25) is 5.91 Å². The van der Waals surface area contributed by atoms with Gasteiger partial charge in [0.25, 0.3) is 0 Å². The fourth-order valence-electron chi connectivity index (χ4n) is 4.42. The highest BCUT2D eigenvalue weighted by Crippen LogP contribution is 2.51. The van der Waals surface area contributed by atoms with Crippen LogP contribution in [0.3, 0.4) is 0 Å². The van der Waals surface area contributed by atoms with Gasteiger partial charge in [-0.05, 0) is 27.2 Å². The summed E-state index contributed by atoms with van der Waals surface area (Å²) in [7, 11) is 0. The normalized spacial score (nSPS) is 33.2. The summed E-state index contributed by atoms with van der Waals surface area (Å²) < 4.78 is 0. The number of rotatable bonds is 7. The van der Waals surface area contributed by atoms with E-state index in [4.69, 9.17) is 5.73 Å². The van der Waals surface area contributed by atoms with Crippen LogP contribution in [0.25, 0.3) is 0 Å². The predicted molar refractivity (Wildman–Crippen MR) is 112 cm³/mol. The highest BCUT2D eigenvalue weighted by atomic mass is 32.2. The highest BCUT2D eigenvalue weighted by Gasteiger charge is 2.60. The molecule has 0 saturated carbocycles. The van der Waals surface area contributed by atoms with E-state index in [1.165, 1.54) is 16.7 Å². The lowest BCUT2D eigenvalue weighted by Crippen LogP contribution is -2.63. The molecule has 3 aliphatic rings. The van der Waals surface area contributed by atoms with E-state index in [9.17, 15) is 19.8 Å². The number of nitrogens with two attached hydrogens (primary N) is 1. The summed E-state index contributed by atoms with van der Waals surface area (Å²) >= 11 is 1.54. The molecule has 0 unspecified atom stereocenters. The minimum atomic E-state index is -1.08. The average Bonchev–Trinajstić information content (AvgIpc) is 3.14. The van der Waals surface area contributed by atoms with Crippen molar-refractivity contribution in [1.29, 1.82) is 0 Å². The third-order valence-electron chi connectivity index (χ3n) is 5.70. The number of carbonyl (C=O) groups excluding carboxylic acids is 1. The van der Waals surface area contributed by atoms with Crippen molar-refractivity contribution < 1.29 is 19.8 Å². The number of nitrogens with zero attached hydrogens (tertiary/aromatic N) is 2. The summed E-state index contributed by atoms with van der Waals surface area (Å²) in [5.74, 6) is -1.59. The molecule has 2 saturated heterocycles. The van der Waals surface area contributed by atoms with Crippen molar-refractivity contribution in [3.63, 3.8) is 0 Å². The van der Waals surface area contributed by atoms with Gasteiger partial charge in [0.15, 0.2) is 5.96 Å². The molecule has 29 heavy (non-hydrogen) atoms. The molecule has 6 N–H and O–H groups in total. The Morgan fingerprint density at radius 3 is 2.72 bits per heavy atom. The molecule has 0 bridgehead atoms. The van der Waals surface area contributed by atoms with Crippen LogP contribution in [0, 0.1) is 11.8 Å². The van der Waals surface area contributed by atoms with Crippen LogP contribution in [-0.2, 0) is 9.59 Å². The van der Waals surface area contributed by atoms with Crippen LogP contribution < -0.4 is 16.4 Å². The lowest BCUT2D eigenvalue weighted by molar-refractivity contribution is -0.163. The van der Waals surface area contributed by atoms with E-state index in [0.29, 0.717) is 12.5 Å². The minimum absolute atomic E-state index is 0.0845. The van der Waals surface area contributed by atoms with Gasteiger partial charge in [0.1, 0.15) is 5.70 Å². The Hall–Kier alpha value is -1.78. The fourth-order valence-corrected chi connectivity index (χ4v) is 5.94. The number of guanidine groups is 1. The van der Waals surface area contributed by atoms with Crippen LogP contribution in [0.2, 0.25) is 0 Å². The molecule has 0 aromatic heterocycles. The van der Waals surface area contributed by atoms with Crippen molar-refractivity contribution >= 4 is 29.6 Å².